The zero-order valence-electron chi connectivity index (χ0n) is 11.7. The second-order valence-electron chi connectivity index (χ2n) is 4.90. The van der Waals surface area contributed by atoms with Crippen LogP contribution in [0.3, 0.4) is 0 Å². The van der Waals surface area contributed by atoms with Gasteiger partial charge in [0, 0.05) is 31.9 Å². The summed E-state index contributed by atoms with van der Waals surface area (Å²) in [7, 11) is 1.61. The van der Waals surface area contributed by atoms with Gasteiger partial charge in [0.15, 0.2) is 0 Å². The van der Waals surface area contributed by atoms with Crippen molar-refractivity contribution in [1.29, 1.82) is 0 Å². The average molecular weight is 294 g/mol. The number of carboxylic acids is 1. The molecule has 1 fully saturated rings. The van der Waals surface area contributed by atoms with Gasteiger partial charge in [-0.25, -0.2) is 4.79 Å². The van der Waals surface area contributed by atoms with Crippen LogP contribution >= 0.6 is 0 Å². The summed E-state index contributed by atoms with van der Waals surface area (Å²) >= 11 is 0. The minimum Gasteiger partial charge on any atom is -0.508 e. The van der Waals surface area contributed by atoms with Crippen molar-refractivity contribution in [3.05, 3.63) is 24.3 Å². The molecule has 0 aromatic heterocycles. The van der Waals surface area contributed by atoms with Crippen molar-refractivity contribution < 1.29 is 24.5 Å². The highest BCUT2D eigenvalue weighted by atomic mass is 16.5. The van der Waals surface area contributed by atoms with E-state index >= 15 is 0 Å². The Balaban J connectivity index is 2.03. The molecule has 1 atom stereocenters. The summed E-state index contributed by atoms with van der Waals surface area (Å²) in [5, 5.41) is 18.2. The number of anilines is 1. The summed E-state index contributed by atoms with van der Waals surface area (Å²) in [6.45, 7) is 0.976. The third-order valence-corrected chi connectivity index (χ3v) is 3.32. The number of rotatable bonds is 3. The molecule has 0 bridgehead atoms. The van der Waals surface area contributed by atoms with Gasteiger partial charge in [-0.1, -0.05) is 6.07 Å². The van der Waals surface area contributed by atoms with E-state index in [1.54, 1.807) is 24.1 Å². The lowest BCUT2D eigenvalue weighted by Gasteiger charge is -2.34. The van der Waals surface area contributed by atoms with E-state index in [4.69, 9.17) is 9.84 Å². The summed E-state index contributed by atoms with van der Waals surface area (Å²) in [6.07, 6.45) is -0.614. The second-order valence-corrected chi connectivity index (χ2v) is 4.90. The Labute approximate surface area is 122 Å². The van der Waals surface area contributed by atoms with Gasteiger partial charge in [-0.05, 0) is 12.1 Å². The monoisotopic (exact) mass is 294 g/mol. The Morgan fingerprint density at radius 1 is 1.48 bits per heavy atom. The molecule has 1 aliphatic heterocycles. The number of carboxylic acid groups (broad SMARTS) is 1. The van der Waals surface area contributed by atoms with Crippen LogP contribution in [0.1, 0.15) is 6.42 Å². The lowest BCUT2D eigenvalue weighted by molar-refractivity contribution is -0.141. The number of morpholine rings is 1. The minimum absolute atomic E-state index is 0.0814. The molecule has 2 rings (SSSR count). The number of aromatic hydroxyl groups is 1. The number of ether oxygens (including phenoxy) is 1. The van der Waals surface area contributed by atoms with Crippen molar-refractivity contribution >= 4 is 17.7 Å². The first-order valence-electron chi connectivity index (χ1n) is 6.62. The van der Waals surface area contributed by atoms with Gasteiger partial charge < -0.3 is 19.8 Å². The van der Waals surface area contributed by atoms with E-state index in [1.165, 1.54) is 17.0 Å². The normalized spacial score (nSPS) is 18.3. The molecule has 1 heterocycles. The van der Waals surface area contributed by atoms with Crippen LogP contribution in [0.2, 0.25) is 0 Å². The first kappa shape index (κ1) is 15.1. The largest absolute Gasteiger partial charge is 0.508 e. The van der Waals surface area contributed by atoms with Crippen molar-refractivity contribution in [2.75, 3.05) is 31.6 Å². The van der Waals surface area contributed by atoms with Crippen LogP contribution in [-0.4, -0.2) is 60.0 Å². The van der Waals surface area contributed by atoms with Crippen LogP contribution < -0.4 is 4.90 Å². The first-order valence-corrected chi connectivity index (χ1v) is 6.62. The van der Waals surface area contributed by atoms with Crippen molar-refractivity contribution in [2.24, 2.45) is 0 Å². The molecule has 0 saturated carbocycles. The molecule has 2 amide bonds. The molecule has 1 aromatic carbocycles. The number of phenolic OH excluding ortho intramolecular Hbond substituents is 1. The van der Waals surface area contributed by atoms with Crippen LogP contribution in [-0.2, 0) is 9.53 Å². The summed E-state index contributed by atoms with van der Waals surface area (Å²) in [6, 6.07) is 6.14. The molecule has 1 saturated heterocycles. The number of hydrogen-bond acceptors (Lipinski definition) is 4. The van der Waals surface area contributed by atoms with Gasteiger partial charge in [-0.3, -0.25) is 9.69 Å². The third kappa shape index (κ3) is 3.85. The van der Waals surface area contributed by atoms with Crippen LogP contribution in [0.4, 0.5) is 10.5 Å². The number of amides is 2. The summed E-state index contributed by atoms with van der Waals surface area (Å²) < 4.78 is 5.34. The lowest BCUT2D eigenvalue weighted by atomic mass is 10.2. The molecule has 0 radical (unpaired) electrons. The third-order valence-electron chi connectivity index (χ3n) is 3.32. The van der Waals surface area contributed by atoms with Crippen LogP contribution in [0, 0.1) is 0 Å². The topological polar surface area (TPSA) is 90.3 Å². The van der Waals surface area contributed by atoms with Crippen molar-refractivity contribution in [2.45, 2.75) is 12.5 Å². The van der Waals surface area contributed by atoms with Crippen LogP contribution in [0.15, 0.2) is 24.3 Å². The molecule has 1 aliphatic rings. The summed E-state index contributed by atoms with van der Waals surface area (Å²) in [5.41, 5.74) is 0.571. The number of carbonyl (C=O) groups excluding carboxylic acids is 1. The van der Waals surface area contributed by atoms with Gasteiger partial charge >= 0.3 is 12.0 Å². The van der Waals surface area contributed by atoms with Crippen LogP contribution in [0.25, 0.3) is 0 Å². The number of phenols is 1. The highest BCUT2D eigenvalue weighted by Crippen LogP contribution is 2.21. The number of urea groups is 1. The summed E-state index contributed by atoms with van der Waals surface area (Å²) in [4.78, 5) is 26.1. The Morgan fingerprint density at radius 3 is 2.90 bits per heavy atom. The fourth-order valence-electron chi connectivity index (χ4n) is 2.24. The maximum Gasteiger partial charge on any atom is 0.324 e. The van der Waals surface area contributed by atoms with Gasteiger partial charge in [0.05, 0.1) is 19.1 Å². The van der Waals surface area contributed by atoms with E-state index in [0.29, 0.717) is 18.8 Å². The first-order chi connectivity index (χ1) is 9.97. The van der Waals surface area contributed by atoms with Crippen LogP contribution in [0.5, 0.6) is 5.75 Å². The molecule has 2 N–H and O–H groups in total. The molecule has 7 heteroatoms. The van der Waals surface area contributed by atoms with Crippen molar-refractivity contribution in [1.82, 2.24) is 4.90 Å². The molecule has 114 valence electrons. The smallest absolute Gasteiger partial charge is 0.324 e. The van der Waals surface area contributed by atoms with E-state index in [1.807, 2.05) is 0 Å². The predicted octanol–water partition coefficient (Wildman–Crippen LogP) is 1.12. The SMILES string of the molecule is CN(C(=O)N1CCOC(CC(=O)O)C1)c1cccc(O)c1. The highest BCUT2D eigenvalue weighted by molar-refractivity contribution is 5.91. The molecule has 0 spiro atoms. The molecule has 7 nitrogen and oxygen atoms in total. The van der Waals surface area contributed by atoms with E-state index in [0.717, 1.165) is 0 Å². The molecule has 1 unspecified atom stereocenters. The molecular formula is C14H18N2O5. The maximum atomic E-state index is 12.4. The van der Waals surface area contributed by atoms with Crippen molar-refractivity contribution in [3.8, 4) is 5.75 Å². The number of aliphatic carboxylic acids is 1. The fraction of sp³-hybridized carbons (Fsp3) is 0.429. The number of hydrogen-bond donors (Lipinski definition) is 2. The minimum atomic E-state index is -0.948. The number of nitrogens with zero attached hydrogens (tertiary/aromatic N) is 2. The highest BCUT2D eigenvalue weighted by Gasteiger charge is 2.28. The zero-order chi connectivity index (χ0) is 15.4. The number of carbonyl (C=O) groups is 2. The maximum absolute atomic E-state index is 12.4. The molecular weight excluding hydrogens is 276 g/mol. The van der Waals surface area contributed by atoms with Gasteiger partial charge in [-0.2, -0.15) is 0 Å². The Kier molecular flexibility index (Phi) is 4.64. The van der Waals surface area contributed by atoms with Gasteiger partial charge in [0.25, 0.3) is 0 Å². The average Bonchev–Trinajstić information content (AvgIpc) is 2.45. The van der Waals surface area contributed by atoms with E-state index in [9.17, 15) is 14.7 Å². The quantitative estimate of drug-likeness (QED) is 0.872. The predicted molar refractivity (Wildman–Crippen MR) is 75.5 cm³/mol. The van der Waals surface area contributed by atoms with Gasteiger partial charge in [-0.15, -0.1) is 0 Å². The standard InChI is InChI=1S/C14H18N2O5/c1-15(10-3-2-4-11(17)7-10)14(20)16-5-6-21-12(9-16)8-13(18)19/h2-4,7,12,17H,5-6,8-9H2,1H3,(H,18,19). The second kappa shape index (κ2) is 6.45. The van der Waals surface area contributed by atoms with Gasteiger partial charge in [0.2, 0.25) is 0 Å². The van der Waals surface area contributed by atoms with E-state index in [-0.39, 0.29) is 24.7 Å². The lowest BCUT2D eigenvalue weighted by Crippen LogP contribution is -2.50. The van der Waals surface area contributed by atoms with Gasteiger partial charge in [0.1, 0.15) is 5.75 Å². The summed E-state index contributed by atoms with van der Waals surface area (Å²) in [5.74, 6) is -0.867. The van der Waals surface area contributed by atoms with Crippen molar-refractivity contribution in [3.63, 3.8) is 0 Å². The van der Waals surface area contributed by atoms with E-state index in [2.05, 4.69) is 0 Å². The Hall–Kier alpha value is -2.28. The molecule has 21 heavy (non-hydrogen) atoms. The molecule has 0 aliphatic carbocycles. The number of benzene rings is 1. The molecule has 1 aromatic rings. The Bertz CT molecular complexity index is 534. The Morgan fingerprint density at radius 2 is 2.24 bits per heavy atom. The van der Waals surface area contributed by atoms with E-state index < -0.39 is 12.1 Å². The zero-order valence-corrected chi connectivity index (χ0v) is 11.7. The fourth-order valence-corrected chi connectivity index (χ4v) is 2.24.